The molecule has 1 aromatic rings. The highest BCUT2D eigenvalue weighted by molar-refractivity contribution is 7.90. The predicted molar refractivity (Wildman–Crippen MR) is 70.6 cm³/mol. The van der Waals surface area contributed by atoms with E-state index in [4.69, 9.17) is 10.8 Å². The maximum atomic E-state index is 10.9. The second-order valence-electron chi connectivity index (χ2n) is 4.02. The van der Waals surface area contributed by atoms with Gasteiger partial charge in [0.05, 0.1) is 11.3 Å². The molecule has 18 heavy (non-hydrogen) atoms. The minimum Gasteiger partial charge on any atom is -0.478 e. The molecule has 0 unspecified atom stereocenters. The number of benzene rings is 1. The molecule has 0 aliphatic rings. The van der Waals surface area contributed by atoms with Gasteiger partial charge >= 0.3 is 5.97 Å². The number of aromatic carboxylic acids is 1. The zero-order chi connectivity index (χ0) is 13.8. The van der Waals surface area contributed by atoms with Crippen LogP contribution in [0.2, 0.25) is 0 Å². The highest BCUT2D eigenvalue weighted by Gasteiger charge is 2.07. The molecule has 6 nitrogen and oxygen atoms in total. The van der Waals surface area contributed by atoms with Crippen LogP contribution in [0.3, 0.4) is 0 Å². The molecule has 0 aliphatic heterocycles. The van der Waals surface area contributed by atoms with E-state index in [-0.39, 0.29) is 17.0 Å². The van der Waals surface area contributed by atoms with Crippen LogP contribution in [0.4, 0.5) is 11.4 Å². The van der Waals surface area contributed by atoms with E-state index in [1.807, 2.05) is 0 Å². The maximum absolute atomic E-state index is 10.9. The van der Waals surface area contributed by atoms with Crippen LogP contribution in [-0.4, -0.2) is 38.0 Å². The number of nitrogens with one attached hydrogen (secondary N) is 1. The molecule has 0 amide bonds. The summed E-state index contributed by atoms with van der Waals surface area (Å²) in [6.07, 6.45) is 1.67. The Morgan fingerprint density at radius 1 is 1.44 bits per heavy atom. The molecule has 1 aromatic carbocycles. The molecule has 0 atom stereocenters. The minimum atomic E-state index is -2.95. The second kappa shape index (κ2) is 5.72. The Kier molecular flexibility index (Phi) is 4.55. The number of nitrogen functional groups attached to an aromatic ring is 1. The normalized spacial score (nSPS) is 11.2. The lowest BCUT2D eigenvalue weighted by atomic mass is 10.1. The van der Waals surface area contributed by atoms with Crippen molar-refractivity contribution in [2.45, 2.75) is 6.42 Å². The molecule has 0 saturated heterocycles. The van der Waals surface area contributed by atoms with Crippen molar-refractivity contribution < 1.29 is 18.3 Å². The summed E-state index contributed by atoms with van der Waals surface area (Å²) in [5.74, 6) is -0.959. The zero-order valence-electron chi connectivity index (χ0n) is 10.0. The predicted octanol–water partition coefficient (Wildman–Crippen LogP) is 0.814. The van der Waals surface area contributed by atoms with Gasteiger partial charge in [-0.1, -0.05) is 0 Å². The number of carboxylic acids is 1. The molecule has 0 fully saturated rings. The van der Waals surface area contributed by atoms with Gasteiger partial charge in [-0.15, -0.1) is 0 Å². The van der Waals surface area contributed by atoms with Crippen molar-refractivity contribution in [2.75, 3.05) is 29.6 Å². The Morgan fingerprint density at radius 3 is 2.61 bits per heavy atom. The molecule has 0 spiro atoms. The van der Waals surface area contributed by atoms with Gasteiger partial charge in [-0.05, 0) is 24.6 Å². The van der Waals surface area contributed by atoms with Gasteiger partial charge < -0.3 is 16.2 Å². The molecule has 0 radical (unpaired) electrons. The number of nitrogens with two attached hydrogens (primary N) is 1. The topological polar surface area (TPSA) is 109 Å². The van der Waals surface area contributed by atoms with Crippen molar-refractivity contribution in [3.8, 4) is 0 Å². The summed E-state index contributed by atoms with van der Waals surface area (Å²) >= 11 is 0. The van der Waals surface area contributed by atoms with E-state index in [0.717, 1.165) is 0 Å². The summed E-state index contributed by atoms with van der Waals surface area (Å²) in [5, 5.41) is 11.8. The van der Waals surface area contributed by atoms with Crippen LogP contribution in [0.15, 0.2) is 18.2 Å². The molecule has 0 aromatic heterocycles. The van der Waals surface area contributed by atoms with Crippen molar-refractivity contribution >= 4 is 27.2 Å². The van der Waals surface area contributed by atoms with Crippen LogP contribution in [-0.2, 0) is 9.84 Å². The summed E-state index contributed by atoms with van der Waals surface area (Å²) in [5.41, 5.74) is 6.48. The molecular weight excluding hydrogens is 256 g/mol. The van der Waals surface area contributed by atoms with E-state index in [9.17, 15) is 13.2 Å². The first kappa shape index (κ1) is 14.3. The number of hydrogen-bond acceptors (Lipinski definition) is 5. The van der Waals surface area contributed by atoms with E-state index in [2.05, 4.69) is 5.32 Å². The van der Waals surface area contributed by atoms with Gasteiger partial charge in [0.2, 0.25) is 0 Å². The van der Waals surface area contributed by atoms with Gasteiger partial charge in [-0.2, -0.15) is 0 Å². The Labute approximate surface area is 106 Å². The van der Waals surface area contributed by atoms with Crippen LogP contribution in [0, 0.1) is 0 Å². The molecule has 1 rings (SSSR count). The SMILES string of the molecule is CS(=O)(=O)CCCNc1ccc(C(=O)O)c(N)c1. The summed E-state index contributed by atoms with van der Waals surface area (Å²) in [6, 6.07) is 4.53. The van der Waals surface area contributed by atoms with Crippen molar-refractivity contribution in [3.63, 3.8) is 0 Å². The lowest BCUT2D eigenvalue weighted by molar-refractivity contribution is 0.0698. The fraction of sp³-hybridized carbons (Fsp3) is 0.364. The standard InChI is InChI=1S/C11H16N2O4S/c1-18(16,17)6-2-5-13-8-3-4-9(11(14)15)10(12)7-8/h3-4,7,13H,2,5-6,12H2,1H3,(H,14,15). The van der Waals surface area contributed by atoms with Gasteiger partial charge in [-0.25, -0.2) is 13.2 Å². The van der Waals surface area contributed by atoms with E-state index in [0.29, 0.717) is 18.7 Å². The van der Waals surface area contributed by atoms with Gasteiger partial charge in [0.15, 0.2) is 0 Å². The summed E-state index contributed by atoms with van der Waals surface area (Å²) in [6.45, 7) is 0.485. The highest BCUT2D eigenvalue weighted by atomic mass is 32.2. The Morgan fingerprint density at radius 2 is 2.11 bits per heavy atom. The zero-order valence-corrected chi connectivity index (χ0v) is 10.8. The van der Waals surface area contributed by atoms with Crippen molar-refractivity contribution in [3.05, 3.63) is 23.8 Å². The van der Waals surface area contributed by atoms with Crippen molar-refractivity contribution in [1.82, 2.24) is 0 Å². The first-order valence-electron chi connectivity index (χ1n) is 5.34. The third kappa shape index (κ3) is 4.62. The fourth-order valence-electron chi connectivity index (χ4n) is 1.43. The molecule has 0 saturated carbocycles. The molecule has 100 valence electrons. The van der Waals surface area contributed by atoms with Crippen LogP contribution in [0.25, 0.3) is 0 Å². The van der Waals surface area contributed by atoms with E-state index >= 15 is 0 Å². The van der Waals surface area contributed by atoms with Crippen molar-refractivity contribution in [2.24, 2.45) is 0 Å². The van der Waals surface area contributed by atoms with E-state index < -0.39 is 15.8 Å². The van der Waals surface area contributed by atoms with Crippen LogP contribution >= 0.6 is 0 Å². The van der Waals surface area contributed by atoms with Crippen LogP contribution < -0.4 is 11.1 Å². The number of hydrogen-bond donors (Lipinski definition) is 3. The summed E-state index contributed by atoms with van der Waals surface area (Å²) in [4.78, 5) is 10.7. The lowest BCUT2D eigenvalue weighted by Gasteiger charge is -2.08. The first-order valence-corrected chi connectivity index (χ1v) is 7.40. The smallest absolute Gasteiger partial charge is 0.337 e. The Balaban J connectivity index is 2.54. The van der Waals surface area contributed by atoms with Crippen LogP contribution in [0.1, 0.15) is 16.8 Å². The van der Waals surface area contributed by atoms with E-state index in [1.165, 1.54) is 18.4 Å². The summed E-state index contributed by atoms with van der Waals surface area (Å²) < 4.78 is 21.8. The maximum Gasteiger partial charge on any atom is 0.337 e. The molecule has 7 heteroatoms. The summed E-state index contributed by atoms with van der Waals surface area (Å²) in [7, 11) is -2.95. The number of carbonyl (C=O) groups is 1. The van der Waals surface area contributed by atoms with Gasteiger partial charge in [0.1, 0.15) is 9.84 Å². The monoisotopic (exact) mass is 272 g/mol. The van der Waals surface area contributed by atoms with Gasteiger partial charge in [0.25, 0.3) is 0 Å². The lowest BCUT2D eigenvalue weighted by Crippen LogP contribution is -2.10. The molecule has 4 N–H and O–H groups in total. The third-order valence-corrected chi connectivity index (χ3v) is 3.33. The van der Waals surface area contributed by atoms with E-state index in [1.54, 1.807) is 6.07 Å². The van der Waals surface area contributed by atoms with Gasteiger partial charge in [0, 0.05) is 24.2 Å². The minimum absolute atomic E-state index is 0.0525. The van der Waals surface area contributed by atoms with Gasteiger partial charge in [-0.3, -0.25) is 0 Å². The number of carboxylic acid groups (broad SMARTS) is 1. The highest BCUT2D eigenvalue weighted by Crippen LogP contribution is 2.17. The molecule has 0 heterocycles. The third-order valence-electron chi connectivity index (χ3n) is 2.30. The molecule has 0 bridgehead atoms. The Hall–Kier alpha value is -1.76. The average molecular weight is 272 g/mol. The quantitative estimate of drug-likeness (QED) is 0.522. The average Bonchev–Trinajstić information content (AvgIpc) is 2.22. The molecule has 0 aliphatic carbocycles. The first-order chi connectivity index (χ1) is 8.29. The largest absolute Gasteiger partial charge is 0.478 e. The number of sulfone groups is 1. The molecular formula is C11H16N2O4S. The van der Waals surface area contributed by atoms with Crippen LogP contribution in [0.5, 0.6) is 0 Å². The second-order valence-corrected chi connectivity index (χ2v) is 6.28. The fourth-order valence-corrected chi connectivity index (χ4v) is 2.10. The van der Waals surface area contributed by atoms with Crippen molar-refractivity contribution in [1.29, 1.82) is 0 Å². The Bertz CT molecular complexity index is 540. The number of rotatable bonds is 6. The number of anilines is 2.